The average molecular weight is 330 g/mol. The lowest BCUT2D eigenvalue weighted by molar-refractivity contribution is 0.0866. The van der Waals surface area contributed by atoms with Crippen LogP contribution < -0.4 is 10.1 Å². The Kier molecular flexibility index (Phi) is 5.55. The fourth-order valence-electron chi connectivity index (χ4n) is 1.65. The second-order valence-corrected chi connectivity index (χ2v) is 7.80. The van der Waals surface area contributed by atoms with Gasteiger partial charge in [0.2, 0.25) is 10.0 Å². The molecule has 1 rings (SSSR count). The topological polar surface area (TPSA) is 95.9 Å². The molecule has 0 unspecified atom stereocenters. The molecule has 2 N–H and O–H groups in total. The van der Waals surface area contributed by atoms with Crippen molar-refractivity contribution in [2.45, 2.75) is 24.3 Å². The maximum absolute atomic E-state index is 12.3. The quantitative estimate of drug-likeness (QED) is 0.789. The smallest absolute Gasteiger partial charge is 0.255 e. The minimum Gasteiger partial charge on any atom is -0.496 e. The van der Waals surface area contributed by atoms with E-state index in [0.29, 0.717) is 0 Å². The zero-order valence-corrected chi connectivity index (χ0v) is 14.2. The molecule has 8 heteroatoms. The molecule has 1 amide bonds. The van der Waals surface area contributed by atoms with E-state index in [2.05, 4.69) is 5.32 Å². The van der Waals surface area contributed by atoms with Crippen LogP contribution in [0.1, 0.15) is 24.2 Å². The van der Waals surface area contributed by atoms with Gasteiger partial charge >= 0.3 is 0 Å². The number of carbonyl (C=O) groups excluding carboxylic acids is 1. The number of aliphatic hydroxyl groups excluding tert-OH is 1. The standard InChI is InChI=1S/C14H22N2O5S/c1-14(2,9-17)15-13(18)11-8-10(6-7-12(11)21-5)22(19,20)16(3)4/h6-8,17H,9H2,1-5H3,(H,15,18). The lowest BCUT2D eigenvalue weighted by atomic mass is 10.1. The number of methoxy groups -OCH3 is 1. The van der Waals surface area contributed by atoms with Gasteiger partial charge in [-0.15, -0.1) is 0 Å². The minimum absolute atomic E-state index is 0.00902. The molecule has 0 aliphatic rings. The van der Waals surface area contributed by atoms with Gasteiger partial charge in [0.1, 0.15) is 5.75 Å². The average Bonchev–Trinajstić information content (AvgIpc) is 2.45. The summed E-state index contributed by atoms with van der Waals surface area (Å²) in [7, 11) is 0.555. The Bertz CT molecular complexity index is 653. The molecular weight excluding hydrogens is 308 g/mol. The van der Waals surface area contributed by atoms with Crippen molar-refractivity contribution in [3.8, 4) is 5.75 Å². The molecule has 1 aromatic rings. The molecule has 0 atom stereocenters. The molecule has 22 heavy (non-hydrogen) atoms. The maximum Gasteiger partial charge on any atom is 0.255 e. The summed E-state index contributed by atoms with van der Waals surface area (Å²) in [5, 5.41) is 11.9. The summed E-state index contributed by atoms with van der Waals surface area (Å²) in [6.45, 7) is 3.05. The number of aliphatic hydroxyl groups is 1. The normalized spacial score (nSPS) is 12.3. The van der Waals surface area contributed by atoms with E-state index in [0.717, 1.165) is 4.31 Å². The zero-order chi connectivity index (χ0) is 17.1. The summed E-state index contributed by atoms with van der Waals surface area (Å²) in [6.07, 6.45) is 0. The molecule has 0 radical (unpaired) electrons. The van der Waals surface area contributed by atoms with Gasteiger partial charge in [0, 0.05) is 14.1 Å². The highest BCUT2D eigenvalue weighted by Crippen LogP contribution is 2.24. The van der Waals surface area contributed by atoms with E-state index in [9.17, 15) is 18.3 Å². The molecule has 0 saturated carbocycles. The third kappa shape index (κ3) is 3.96. The predicted molar refractivity (Wildman–Crippen MR) is 82.5 cm³/mol. The van der Waals surface area contributed by atoms with Crippen molar-refractivity contribution < 1.29 is 23.1 Å². The maximum atomic E-state index is 12.3. The fourth-order valence-corrected chi connectivity index (χ4v) is 2.58. The molecule has 0 spiro atoms. The van der Waals surface area contributed by atoms with Crippen LogP contribution in [0, 0.1) is 0 Å². The van der Waals surface area contributed by atoms with E-state index in [1.54, 1.807) is 13.8 Å². The Morgan fingerprint density at radius 1 is 1.36 bits per heavy atom. The van der Waals surface area contributed by atoms with Crippen molar-refractivity contribution in [1.82, 2.24) is 9.62 Å². The minimum atomic E-state index is -3.66. The number of amides is 1. The van der Waals surface area contributed by atoms with Crippen molar-refractivity contribution in [3.05, 3.63) is 23.8 Å². The van der Waals surface area contributed by atoms with E-state index in [-0.39, 0.29) is 22.8 Å². The molecular formula is C14H22N2O5S. The highest BCUT2D eigenvalue weighted by atomic mass is 32.2. The van der Waals surface area contributed by atoms with E-state index < -0.39 is 21.5 Å². The molecule has 1 aromatic carbocycles. The summed E-state index contributed by atoms with van der Waals surface area (Å²) in [4.78, 5) is 12.3. The van der Waals surface area contributed by atoms with Crippen LogP contribution in [0.2, 0.25) is 0 Å². The number of sulfonamides is 1. The van der Waals surface area contributed by atoms with E-state index in [4.69, 9.17) is 4.74 Å². The summed E-state index contributed by atoms with van der Waals surface area (Å²) < 4.78 is 30.5. The molecule has 0 bridgehead atoms. The highest BCUT2D eigenvalue weighted by molar-refractivity contribution is 7.89. The van der Waals surface area contributed by atoms with Crippen LogP contribution in [0.4, 0.5) is 0 Å². The fraction of sp³-hybridized carbons (Fsp3) is 0.500. The molecule has 7 nitrogen and oxygen atoms in total. The summed E-state index contributed by atoms with van der Waals surface area (Å²) >= 11 is 0. The van der Waals surface area contributed by atoms with Crippen molar-refractivity contribution >= 4 is 15.9 Å². The van der Waals surface area contributed by atoms with Crippen LogP contribution in [0.5, 0.6) is 5.75 Å². The van der Waals surface area contributed by atoms with Crippen LogP contribution in [0.15, 0.2) is 23.1 Å². The lowest BCUT2D eigenvalue weighted by Crippen LogP contribution is -2.46. The summed E-state index contributed by atoms with van der Waals surface area (Å²) in [5.41, 5.74) is -0.745. The van der Waals surface area contributed by atoms with Crippen LogP contribution in [-0.2, 0) is 10.0 Å². The second kappa shape index (κ2) is 6.64. The largest absolute Gasteiger partial charge is 0.496 e. The Morgan fingerprint density at radius 2 is 1.95 bits per heavy atom. The number of nitrogens with one attached hydrogen (secondary N) is 1. The number of hydrogen-bond acceptors (Lipinski definition) is 5. The molecule has 124 valence electrons. The Morgan fingerprint density at radius 3 is 2.41 bits per heavy atom. The Hall–Kier alpha value is -1.64. The van der Waals surface area contributed by atoms with Gasteiger partial charge in [-0.05, 0) is 32.0 Å². The second-order valence-electron chi connectivity index (χ2n) is 5.65. The molecule has 0 heterocycles. The molecule has 0 fully saturated rings. The van der Waals surface area contributed by atoms with E-state index >= 15 is 0 Å². The monoisotopic (exact) mass is 330 g/mol. The first-order chi connectivity index (χ1) is 10.0. The van der Waals surface area contributed by atoms with Crippen LogP contribution in [0.25, 0.3) is 0 Å². The first kappa shape index (κ1) is 18.4. The molecule has 0 saturated heterocycles. The van der Waals surface area contributed by atoms with Gasteiger partial charge in [0.05, 0.1) is 29.7 Å². The number of hydrogen-bond donors (Lipinski definition) is 2. The number of nitrogens with zero attached hydrogens (tertiary/aromatic N) is 1. The SMILES string of the molecule is COc1ccc(S(=O)(=O)N(C)C)cc1C(=O)NC(C)(C)CO. The van der Waals surface area contributed by atoms with Gasteiger partial charge in [-0.25, -0.2) is 12.7 Å². The lowest BCUT2D eigenvalue weighted by Gasteiger charge is -2.24. The van der Waals surface area contributed by atoms with Crippen molar-refractivity contribution in [1.29, 1.82) is 0 Å². The van der Waals surface area contributed by atoms with Crippen molar-refractivity contribution in [3.63, 3.8) is 0 Å². The van der Waals surface area contributed by atoms with Crippen molar-refractivity contribution in [2.75, 3.05) is 27.8 Å². The third-order valence-corrected chi connectivity index (χ3v) is 4.85. The van der Waals surface area contributed by atoms with Gasteiger partial charge in [-0.3, -0.25) is 4.79 Å². The third-order valence-electron chi connectivity index (χ3n) is 3.04. The summed E-state index contributed by atoms with van der Waals surface area (Å²) in [6, 6.07) is 4.07. The number of rotatable bonds is 6. The van der Waals surface area contributed by atoms with Crippen LogP contribution >= 0.6 is 0 Å². The van der Waals surface area contributed by atoms with Gasteiger partial charge < -0.3 is 15.2 Å². The van der Waals surface area contributed by atoms with Gasteiger partial charge in [-0.1, -0.05) is 0 Å². The predicted octanol–water partition coefficient (Wildman–Crippen LogP) is 0.446. The highest BCUT2D eigenvalue weighted by Gasteiger charge is 2.25. The van der Waals surface area contributed by atoms with Crippen LogP contribution in [0.3, 0.4) is 0 Å². The first-order valence-electron chi connectivity index (χ1n) is 6.59. The molecule has 0 aliphatic heterocycles. The first-order valence-corrected chi connectivity index (χ1v) is 8.03. The van der Waals surface area contributed by atoms with Crippen molar-refractivity contribution in [2.24, 2.45) is 0 Å². The summed E-state index contributed by atoms with van der Waals surface area (Å²) in [5.74, 6) is -0.268. The van der Waals surface area contributed by atoms with Gasteiger partial charge in [0.25, 0.3) is 5.91 Å². The number of benzene rings is 1. The Labute approximate surface area is 130 Å². The van der Waals surface area contributed by atoms with Crippen LogP contribution in [-0.4, -0.2) is 57.1 Å². The molecule has 0 aliphatic carbocycles. The van der Waals surface area contributed by atoms with E-state index in [1.165, 1.54) is 39.4 Å². The van der Waals surface area contributed by atoms with E-state index in [1.807, 2.05) is 0 Å². The number of ether oxygens (including phenoxy) is 1. The van der Waals surface area contributed by atoms with Gasteiger partial charge in [0.15, 0.2) is 0 Å². The zero-order valence-electron chi connectivity index (χ0n) is 13.4. The Balaban J connectivity index is 3.32. The van der Waals surface area contributed by atoms with Gasteiger partial charge in [-0.2, -0.15) is 0 Å². The molecule has 0 aromatic heterocycles. The number of carbonyl (C=O) groups is 1.